The van der Waals surface area contributed by atoms with Crippen LogP contribution in [0, 0.1) is 13.8 Å². The molecule has 0 heterocycles. The number of fused-ring (bicyclic) bond motifs is 1. The average Bonchev–Trinajstić information content (AvgIpc) is 2.53. The van der Waals surface area contributed by atoms with E-state index in [2.05, 4.69) is 6.07 Å². The van der Waals surface area contributed by atoms with Gasteiger partial charge >= 0.3 is 0 Å². The van der Waals surface area contributed by atoms with Crippen LogP contribution in [0.4, 0.5) is 0 Å². The molecule has 120 valence electrons. The highest BCUT2D eigenvalue weighted by Gasteiger charge is 2.15. The van der Waals surface area contributed by atoms with Gasteiger partial charge in [0.05, 0.1) is 0 Å². The topological polar surface area (TPSA) is 34.1 Å². The quantitative estimate of drug-likeness (QED) is 0.647. The molecule has 24 heavy (non-hydrogen) atoms. The molecule has 2 nitrogen and oxygen atoms in total. The van der Waals surface area contributed by atoms with Crippen LogP contribution in [0.2, 0.25) is 0 Å². The van der Waals surface area contributed by atoms with Crippen molar-refractivity contribution in [1.29, 1.82) is 0 Å². The van der Waals surface area contributed by atoms with Gasteiger partial charge in [-0.05, 0) is 43.2 Å². The van der Waals surface area contributed by atoms with Crippen LogP contribution < -0.4 is 0 Å². The summed E-state index contributed by atoms with van der Waals surface area (Å²) in [5.41, 5.74) is 4.47. The zero-order valence-electron chi connectivity index (χ0n) is 14.2. The third kappa shape index (κ3) is 3.28. The first-order valence-electron chi connectivity index (χ1n) is 8.08. The molecule has 0 aromatic heterocycles. The number of aryl methyl sites for hydroxylation is 2. The molecule has 0 aliphatic rings. The van der Waals surface area contributed by atoms with Gasteiger partial charge in [-0.3, -0.25) is 9.59 Å². The first-order valence-corrected chi connectivity index (χ1v) is 8.08. The van der Waals surface area contributed by atoms with E-state index in [-0.39, 0.29) is 11.6 Å². The van der Waals surface area contributed by atoms with Gasteiger partial charge in [-0.2, -0.15) is 0 Å². The van der Waals surface area contributed by atoms with Crippen LogP contribution in [0.3, 0.4) is 0 Å². The molecule has 0 aliphatic heterocycles. The van der Waals surface area contributed by atoms with Gasteiger partial charge in [0, 0.05) is 17.5 Å². The van der Waals surface area contributed by atoms with Crippen molar-refractivity contribution in [2.75, 3.05) is 0 Å². The lowest BCUT2D eigenvalue weighted by molar-refractivity contribution is -0.116. The second kappa shape index (κ2) is 6.40. The van der Waals surface area contributed by atoms with Crippen molar-refractivity contribution in [2.45, 2.75) is 27.2 Å². The molecule has 3 aromatic carbocycles. The lowest BCUT2D eigenvalue weighted by Gasteiger charge is -2.10. The van der Waals surface area contributed by atoms with Crippen LogP contribution >= 0.6 is 0 Å². The minimum atomic E-state index is -0.00532. The molecule has 0 saturated heterocycles. The van der Waals surface area contributed by atoms with Gasteiger partial charge in [0.25, 0.3) is 0 Å². The molecular weight excluding hydrogens is 296 g/mol. The van der Waals surface area contributed by atoms with Crippen molar-refractivity contribution in [3.8, 4) is 0 Å². The van der Waals surface area contributed by atoms with Crippen molar-refractivity contribution >= 4 is 22.3 Å². The fraction of sp³-hybridized carbons (Fsp3) is 0.182. The van der Waals surface area contributed by atoms with E-state index in [1.54, 1.807) is 6.92 Å². The Hall–Kier alpha value is -2.74. The van der Waals surface area contributed by atoms with E-state index < -0.39 is 0 Å². The summed E-state index contributed by atoms with van der Waals surface area (Å²) in [4.78, 5) is 24.5. The zero-order valence-corrected chi connectivity index (χ0v) is 14.2. The van der Waals surface area contributed by atoms with E-state index in [9.17, 15) is 9.59 Å². The van der Waals surface area contributed by atoms with E-state index in [0.717, 1.165) is 27.5 Å². The molecule has 0 amide bonds. The molecule has 2 heteroatoms. The normalized spacial score (nSPS) is 10.8. The first kappa shape index (κ1) is 16.1. The van der Waals surface area contributed by atoms with Gasteiger partial charge in [-0.1, -0.05) is 59.7 Å². The van der Waals surface area contributed by atoms with Gasteiger partial charge in [0.2, 0.25) is 0 Å². The lowest BCUT2D eigenvalue weighted by Crippen LogP contribution is -2.05. The van der Waals surface area contributed by atoms with E-state index in [4.69, 9.17) is 0 Å². The summed E-state index contributed by atoms with van der Waals surface area (Å²) in [5, 5.41) is 1.93. The number of ketones is 2. The third-order valence-corrected chi connectivity index (χ3v) is 4.18. The Balaban J connectivity index is 2.18. The summed E-state index contributed by atoms with van der Waals surface area (Å²) >= 11 is 0. The fourth-order valence-electron chi connectivity index (χ4n) is 2.99. The Morgan fingerprint density at radius 1 is 0.833 bits per heavy atom. The van der Waals surface area contributed by atoms with Crippen molar-refractivity contribution in [3.63, 3.8) is 0 Å². The van der Waals surface area contributed by atoms with Crippen LogP contribution in [0.15, 0.2) is 54.6 Å². The summed E-state index contributed by atoms with van der Waals surface area (Å²) in [6, 6.07) is 17.5. The number of hydrogen-bond acceptors (Lipinski definition) is 2. The molecule has 0 atom stereocenters. The molecule has 0 spiro atoms. The predicted molar refractivity (Wildman–Crippen MR) is 97.7 cm³/mol. The van der Waals surface area contributed by atoms with Gasteiger partial charge < -0.3 is 0 Å². The maximum atomic E-state index is 13.0. The van der Waals surface area contributed by atoms with Crippen LogP contribution in [0.5, 0.6) is 0 Å². The third-order valence-electron chi connectivity index (χ3n) is 4.18. The van der Waals surface area contributed by atoms with Crippen molar-refractivity contribution in [2.24, 2.45) is 0 Å². The summed E-state index contributed by atoms with van der Waals surface area (Å²) in [6.45, 7) is 5.60. The molecule has 0 saturated carbocycles. The average molecular weight is 316 g/mol. The SMILES string of the molecule is CC(=O)Cc1cc(C(=O)c2ccc(C)cc2)c2ccc(C)cc2c1. The maximum absolute atomic E-state index is 13.0. The summed E-state index contributed by atoms with van der Waals surface area (Å²) in [5.74, 6) is 0.0880. The minimum absolute atomic E-state index is 0.00532. The molecule has 3 aromatic rings. The number of benzene rings is 3. The lowest BCUT2D eigenvalue weighted by atomic mass is 9.92. The number of Topliss-reactive ketones (excluding diaryl/α,β-unsaturated/α-hetero) is 1. The Morgan fingerprint density at radius 3 is 2.17 bits per heavy atom. The number of carbonyl (C=O) groups excluding carboxylic acids is 2. The maximum Gasteiger partial charge on any atom is 0.193 e. The summed E-state index contributed by atoms with van der Waals surface area (Å²) in [6.07, 6.45) is 0.345. The van der Waals surface area contributed by atoms with Gasteiger partial charge in [0.15, 0.2) is 5.78 Å². The van der Waals surface area contributed by atoms with Crippen LogP contribution in [-0.2, 0) is 11.2 Å². The molecule has 0 aliphatic carbocycles. The fourth-order valence-corrected chi connectivity index (χ4v) is 2.99. The van der Waals surface area contributed by atoms with Crippen LogP contribution in [0.1, 0.15) is 39.5 Å². The van der Waals surface area contributed by atoms with Crippen molar-refractivity contribution in [3.05, 3.63) is 82.4 Å². The first-order chi connectivity index (χ1) is 11.4. The smallest absolute Gasteiger partial charge is 0.193 e. The largest absolute Gasteiger partial charge is 0.300 e. The molecule has 3 rings (SSSR count). The van der Waals surface area contributed by atoms with E-state index in [0.29, 0.717) is 17.5 Å². The standard InChI is InChI=1S/C22H20O2/c1-14-4-7-18(8-5-14)22(24)21-13-17(11-16(3)23)12-19-10-15(2)6-9-20(19)21/h4-10,12-13H,11H2,1-3H3. The number of rotatable bonds is 4. The molecule has 0 radical (unpaired) electrons. The van der Waals surface area contributed by atoms with Crippen LogP contribution in [0.25, 0.3) is 10.8 Å². The van der Waals surface area contributed by atoms with Crippen LogP contribution in [-0.4, -0.2) is 11.6 Å². The zero-order chi connectivity index (χ0) is 17.3. The highest BCUT2D eigenvalue weighted by molar-refractivity contribution is 6.16. The molecule has 0 N–H and O–H groups in total. The van der Waals surface area contributed by atoms with E-state index in [1.165, 1.54) is 0 Å². The second-order valence-electron chi connectivity index (χ2n) is 6.44. The number of hydrogen-bond donors (Lipinski definition) is 0. The summed E-state index contributed by atoms with van der Waals surface area (Å²) < 4.78 is 0. The molecule has 0 unspecified atom stereocenters. The van der Waals surface area contributed by atoms with Gasteiger partial charge in [-0.15, -0.1) is 0 Å². The van der Waals surface area contributed by atoms with E-state index >= 15 is 0 Å². The predicted octanol–water partition coefficient (Wildman–Crippen LogP) is 4.82. The second-order valence-corrected chi connectivity index (χ2v) is 6.44. The van der Waals surface area contributed by atoms with E-state index in [1.807, 2.05) is 62.4 Å². The Kier molecular flexibility index (Phi) is 4.30. The summed E-state index contributed by atoms with van der Waals surface area (Å²) in [7, 11) is 0. The molecular formula is C22H20O2. The van der Waals surface area contributed by atoms with Gasteiger partial charge in [0.1, 0.15) is 5.78 Å². The van der Waals surface area contributed by atoms with Crippen molar-refractivity contribution in [1.82, 2.24) is 0 Å². The Bertz CT molecular complexity index is 934. The Morgan fingerprint density at radius 2 is 1.50 bits per heavy atom. The highest BCUT2D eigenvalue weighted by Crippen LogP contribution is 2.25. The number of carbonyl (C=O) groups is 2. The highest BCUT2D eigenvalue weighted by atomic mass is 16.1. The monoisotopic (exact) mass is 316 g/mol. The molecule has 0 fully saturated rings. The Labute approximate surface area is 142 Å². The van der Waals surface area contributed by atoms with Crippen molar-refractivity contribution < 1.29 is 9.59 Å². The minimum Gasteiger partial charge on any atom is -0.300 e. The van der Waals surface area contributed by atoms with Gasteiger partial charge in [-0.25, -0.2) is 0 Å². The molecule has 0 bridgehead atoms.